The highest BCUT2D eigenvalue weighted by atomic mass is 35.5. The number of sulfonamides is 1. The van der Waals surface area contributed by atoms with Crippen molar-refractivity contribution in [3.63, 3.8) is 0 Å². The monoisotopic (exact) mass is 556 g/mol. The van der Waals surface area contributed by atoms with Crippen molar-refractivity contribution in [2.75, 3.05) is 20.1 Å². The zero-order valence-corrected chi connectivity index (χ0v) is 23.0. The van der Waals surface area contributed by atoms with E-state index in [0.29, 0.717) is 23.6 Å². The van der Waals surface area contributed by atoms with Crippen molar-refractivity contribution in [3.8, 4) is 0 Å². The van der Waals surface area contributed by atoms with Crippen LogP contribution in [0.5, 0.6) is 0 Å². The van der Waals surface area contributed by atoms with Crippen LogP contribution >= 0.6 is 11.6 Å². The Morgan fingerprint density at radius 3 is 2.27 bits per heavy atom. The van der Waals surface area contributed by atoms with E-state index in [9.17, 15) is 27.1 Å². The molecule has 2 aromatic rings. The van der Waals surface area contributed by atoms with Gasteiger partial charge < -0.3 is 10.0 Å². The van der Waals surface area contributed by atoms with Crippen LogP contribution in [0, 0.1) is 17.0 Å². The number of aliphatic hydroxyl groups is 1. The molecule has 4 rings (SSSR count). The predicted molar refractivity (Wildman–Crippen MR) is 140 cm³/mol. The highest BCUT2D eigenvalue weighted by Crippen LogP contribution is 2.46. The summed E-state index contributed by atoms with van der Waals surface area (Å²) in [6, 6.07) is 8.28. The molecule has 2 aromatic carbocycles. The van der Waals surface area contributed by atoms with Gasteiger partial charge >= 0.3 is 0 Å². The van der Waals surface area contributed by atoms with Gasteiger partial charge in [0.2, 0.25) is 15.9 Å². The molecule has 2 fully saturated rings. The van der Waals surface area contributed by atoms with Crippen LogP contribution in [0.15, 0.2) is 47.4 Å². The SMILES string of the molecule is CC1(C(=O)N2CCC(O)C2)CC1.CCCCC(c1cc(F)cc(F)c1)N(C)S(=O)(=O)c1ccc(Cl)cc1. The third kappa shape index (κ3) is 7.50. The highest BCUT2D eigenvalue weighted by molar-refractivity contribution is 7.89. The van der Waals surface area contributed by atoms with Crippen LogP contribution in [0.25, 0.3) is 0 Å². The number of carbonyl (C=O) groups excluding carboxylic acids is 1. The Morgan fingerprint density at radius 2 is 1.78 bits per heavy atom. The summed E-state index contributed by atoms with van der Waals surface area (Å²) in [4.78, 5) is 13.6. The van der Waals surface area contributed by atoms with Crippen molar-refractivity contribution in [1.82, 2.24) is 9.21 Å². The number of hydrogen-bond acceptors (Lipinski definition) is 4. The van der Waals surface area contributed by atoms with Gasteiger partial charge in [0.25, 0.3) is 0 Å². The smallest absolute Gasteiger partial charge is 0.243 e. The number of rotatable bonds is 8. The Balaban J connectivity index is 0.000000262. The predicted octanol–water partition coefficient (Wildman–Crippen LogP) is 5.55. The van der Waals surface area contributed by atoms with Crippen molar-refractivity contribution in [2.45, 2.75) is 69.4 Å². The van der Waals surface area contributed by atoms with Crippen LogP contribution in [-0.4, -0.2) is 54.9 Å². The lowest BCUT2D eigenvalue weighted by Gasteiger charge is -2.28. The number of halogens is 3. The van der Waals surface area contributed by atoms with Crippen molar-refractivity contribution in [3.05, 3.63) is 64.7 Å². The van der Waals surface area contributed by atoms with E-state index in [-0.39, 0.29) is 22.3 Å². The van der Waals surface area contributed by atoms with Gasteiger partial charge in [0.05, 0.1) is 11.0 Å². The van der Waals surface area contributed by atoms with Gasteiger partial charge in [0.15, 0.2) is 0 Å². The lowest BCUT2D eigenvalue weighted by Crippen LogP contribution is -2.34. The molecule has 1 heterocycles. The number of carbonyl (C=O) groups is 1. The maximum Gasteiger partial charge on any atom is 0.243 e. The molecule has 2 atom stereocenters. The van der Waals surface area contributed by atoms with E-state index < -0.39 is 27.7 Å². The van der Waals surface area contributed by atoms with E-state index in [0.717, 1.165) is 44.7 Å². The second kappa shape index (κ2) is 12.2. The zero-order valence-electron chi connectivity index (χ0n) is 21.5. The minimum atomic E-state index is -3.83. The van der Waals surface area contributed by atoms with Crippen LogP contribution in [0.1, 0.15) is 64.0 Å². The second-order valence-electron chi connectivity index (χ2n) is 10.1. The average molecular weight is 557 g/mol. The molecule has 1 amide bonds. The second-order valence-corrected chi connectivity index (χ2v) is 12.5. The van der Waals surface area contributed by atoms with E-state index in [1.807, 2.05) is 13.8 Å². The number of aliphatic hydroxyl groups excluding tert-OH is 1. The minimum Gasteiger partial charge on any atom is -0.391 e. The summed E-state index contributed by atoms with van der Waals surface area (Å²) in [5.41, 5.74) is 0.232. The molecule has 0 bridgehead atoms. The van der Waals surface area contributed by atoms with Crippen molar-refractivity contribution in [1.29, 1.82) is 0 Å². The van der Waals surface area contributed by atoms with Gasteiger partial charge in [-0.25, -0.2) is 17.2 Å². The molecule has 1 saturated carbocycles. The lowest BCUT2D eigenvalue weighted by molar-refractivity contribution is -0.135. The lowest BCUT2D eigenvalue weighted by atomic mass is 10.0. The summed E-state index contributed by atoms with van der Waals surface area (Å²) in [5.74, 6) is -1.21. The fourth-order valence-electron chi connectivity index (χ4n) is 4.37. The van der Waals surface area contributed by atoms with Gasteiger partial charge in [-0.2, -0.15) is 4.31 Å². The van der Waals surface area contributed by atoms with E-state index in [1.54, 1.807) is 4.90 Å². The largest absolute Gasteiger partial charge is 0.391 e. The number of hydrogen-bond donors (Lipinski definition) is 1. The quantitative estimate of drug-likeness (QED) is 0.462. The van der Waals surface area contributed by atoms with E-state index in [2.05, 4.69) is 0 Å². The van der Waals surface area contributed by atoms with Crippen molar-refractivity contribution < 1.29 is 27.1 Å². The van der Waals surface area contributed by atoms with Gasteiger partial charge in [0, 0.05) is 42.7 Å². The highest BCUT2D eigenvalue weighted by Gasteiger charge is 2.48. The third-order valence-corrected chi connectivity index (χ3v) is 9.13. The van der Waals surface area contributed by atoms with Gasteiger partial charge in [-0.05, 0) is 67.6 Å². The Kier molecular flexibility index (Phi) is 9.72. The average Bonchev–Trinajstić information content (AvgIpc) is 3.45. The summed E-state index contributed by atoms with van der Waals surface area (Å²) in [6.45, 7) is 5.28. The summed E-state index contributed by atoms with van der Waals surface area (Å²) >= 11 is 5.81. The van der Waals surface area contributed by atoms with Gasteiger partial charge in [-0.15, -0.1) is 0 Å². The Labute approximate surface area is 223 Å². The van der Waals surface area contributed by atoms with Crippen LogP contribution < -0.4 is 0 Å². The van der Waals surface area contributed by atoms with Crippen LogP contribution in [0.2, 0.25) is 5.02 Å². The first kappa shape index (κ1) is 29.5. The first-order valence-electron chi connectivity index (χ1n) is 12.5. The Morgan fingerprint density at radius 1 is 1.19 bits per heavy atom. The van der Waals surface area contributed by atoms with Gasteiger partial charge in [0.1, 0.15) is 11.6 Å². The molecular weight excluding hydrogens is 522 g/mol. The molecule has 0 aromatic heterocycles. The summed E-state index contributed by atoms with van der Waals surface area (Å²) < 4.78 is 54.2. The van der Waals surface area contributed by atoms with Crippen molar-refractivity contribution >= 4 is 27.5 Å². The number of amides is 1. The molecule has 1 aliphatic carbocycles. The number of unbranched alkanes of at least 4 members (excludes halogenated alkanes) is 1. The zero-order chi connectivity index (χ0) is 27.4. The van der Waals surface area contributed by atoms with Crippen LogP contribution in [0.4, 0.5) is 8.78 Å². The summed E-state index contributed by atoms with van der Waals surface area (Å²) in [7, 11) is -2.41. The molecule has 10 heteroatoms. The molecular formula is C27H35ClF2N2O4S. The molecule has 0 radical (unpaired) electrons. The molecule has 1 saturated heterocycles. The molecule has 6 nitrogen and oxygen atoms in total. The fraction of sp³-hybridized carbons (Fsp3) is 0.519. The van der Waals surface area contributed by atoms with Crippen molar-refractivity contribution in [2.24, 2.45) is 5.41 Å². The topological polar surface area (TPSA) is 77.9 Å². The number of likely N-dealkylation sites (tertiary alicyclic amines) is 1. The van der Waals surface area contributed by atoms with Gasteiger partial charge in [-0.3, -0.25) is 4.79 Å². The first-order valence-corrected chi connectivity index (χ1v) is 14.4. The molecule has 0 spiro atoms. The normalized spacial score (nSPS) is 19.4. The fourth-order valence-corrected chi connectivity index (χ4v) is 5.87. The van der Waals surface area contributed by atoms with Gasteiger partial charge in [-0.1, -0.05) is 38.3 Å². The van der Waals surface area contributed by atoms with Crippen LogP contribution in [-0.2, 0) is 14.8 Å². The first-order chi connectivity index (χ1) is 17.4. The molecule has 1 aliphatic heterocycles. The molecule has 2 unspecified atom stereocenters. The summed E-state index contributed by atoms with van der Waals surface area (Å²) in [5, 5.41) is 9.67. The molecule has 37 heavy (non-hydrogen) atoms. The standard InChI is InChI=1S/C18H20ClF2NO2S.C9H15NO2/c1-3-4-5-18(13-10-15(20)12-16(21)11-13)22(2)25(23,24)17-8-6-14(19)7-9-17;1-9(3-4-9)8(12)10-5-2-7(11)6-10/h6-12,18H,3-5H2,1-2H3;7,11H,2-6H2,1H3. The van der Waals surface area contributed by atoms with E-state index in [4.69, 9.17) is 11.6 Å². The molecule has 204 valence electrons. The number of nitrogens with zero attached hydrogens (tertiary/aromatic N) is 2. The summed E-state index contributed by atoms with van der Waals surface area (Å²) in [6.07, 6.45) is 4.55. The minimum absolute atomic E-state index is 0.0654. The number of β-amino-alcohol motifs (C(OH)–C–C–N with tert-alkyl or cyclic N) is 1. The molecule has 1 N–H and O–H groups in total. The number of benzene rings is 2. The maximum absolute atomic E-state index is 13.6. The van der Waals surface area contributed by atoms with E-state index in [1.165, 1.54) is 47.8 Å². The third-order valence-electron chi connectivity index (χ3n) is 7.00. The van der Waals surface area contributed by atoms with E-state index >= 15 is 0 Å². The Bertz CT molecular complexity index is 1170. The Hall–Kier alpha value is -2.07. The maximum atomic E-state index is 13.6. The van der Waals surface area contributed by atoms with Crippen LogP contribution in [0.3, 0.4) is 0 Å². The molecule has 2 aliphatic rings.